The molecule has 3 heteroatoms. The Hall–Kier alpha value is -3.87. The van der Waals surface area contributed by atoms with Crippen LogP contribution in [0, 0.1) is 0 Å². The Bertz CT molecular complexity index is 1200. The third-order valence-electron chi connectivity index (χ3n) is 5.08. The fourth-order valence-corrected chi connectivity index (χ4v) is 3.81. The molecule has 0 saturated carbocycles. The Morgan fingerprint density at radius 1 is 0.394 bits per heavy atom. The average Bonchev–Trinajstić information content (AvgIpc) is 2.88. The summed E-state index contributed by atoms with van der Waals surface area (Å²) < 4.78 is 0. The molecule has 0 heterocycles. The van der Waals surface area contributed by atoms with Gasteiger partial charge >= 0.3 is 0 Å². The van der Waals surface area contributed by atoms with Crippen molar-refractivity contribution >= 4 is 37.3 Å². The first-order chi connectivity index (χ1) is 16.3. The average molecular weight is 447 g/mol. The summed E-state index contributed by atoms with van der Waals surface area (Å²) in [6.07, 6.45) is 0. The number of para-hydroxylation sites is 4. The highest BCUT2D eigenvalue weighted by Crippen LogP contribution is 2.27. The zero-order chi connectivity index (χ0) is 22.7. The summed E-state index contributed by atoms with van der Waals surface area (Å²) in [5, 5.41) is 8.10. The first-order valence-corrected chi connectivity index (χ1v) is 11.5. The van der Waals surface area contributed by atoms with E-state index >= 15 is 0 Å². The first kappa shape index (κ1) is 22.3. The quantitative estimate of drug-likeness (QED) is 0.267. The van der Waals surface area contributed by atoms with Gasteiger partial charge in [-0.1, -0.05) is 103 Å². The van der Waals surface area contributed by atoms with E-state index in [1.807, 2.05) is 54.6 Å². The maximum atomic E-state index is 3.43. The highest BCUT2D eigenvalue weighted by atomic mass is 31.0. The van der Waals surface area contributed by atoms with Crippen LogP contribution in [-0.2, 0) is 0 Å². The Morgan fingerprint density at radius 3 is 1.27 bits per heavy atom. The minimum absolute atomic E-state index is 1.06. The topological polar surface area (TPSA) is 24.1 Å². The van der Waals surface area contributed by atoms with E-state index in [2.05, 4.69) is 105 Å². The lowest BCUT2D eigenvalue weighted by molar-refractivity contribution is 1.50. The van der Waals surface area contributed by atoms with E-state index in [0.29, 0.717) is 0 Å². The molecule has 0 aliphatic rings. The Morgan fingerprint density at radius 2 is 0.788 bits per heavy atom. The SMILES string of the molecule is Pc1ccccc1-c1ccccc1.c1ccc(Nc2ccccc2Nc2ccccc2)cc1. The number of hydrogen-bond acceptors (Lipinski definition) is 2. The van der Waals surface area contributed by atoms with Crippen LogP contribution in [0.25, 0.3) is 11.1 Å². The van der Waals surface area contributed by atoms with Crippen molar-refractivity contribution in [3.8, 4) is 11.1 Å². The third-order valence-corrected chi connectivity index (χ3v) is 5.58. The van der Waals surface area contributed by atoms with Crippen LogP contribution in [0.3, 0.4) is 0 Å². The summed E-state index contributed by atoms with van der Waals surface area (Å²) in [6.45, 7) is 0. The van der Waals surface area contributed by atoms with Gasteiger partial charge in [0.05, 0.1) is 11.4 Å². The minimum Gasteiger partial charge on any atom is -0.354 e. The smallest absolute Gasteiger partial charge is 0.0623 e. The summed E-state index contributed by atoms with van der Waals surface area (Å²) in [5.41, 5.74) is 6.83. The van der Waals surface area contributed by atoms with E-state index in [-0.39, 0.29) is 0 Å². The summed E-state index contributed by atoms with van der Waals surface area (Å²) in [5.74, 6) is 0. The lowest BCUT2D eigenvalue weighted by atomic mass is 10.1. The molecule has 0 aliphatic heterocycles. The van der Waals surface area contributed by atoms with Crippen LogP contribution in [0.1, 0.15) is 0 Å². The predicted molar refractivity (Wildman–Crippen MR) is 147 cm³/mol. The fraction of sp³-hybridized carbons (Fsp3) is 0. The number of hydrogen-bond donors (Lipinski definition) is 2. The molecule has 2 N–H and O–H groups in total. The molecule has 162 valence electrons. The number of nitrogens with one attached hydrogen (secondary N) is 2. The molecular weight excluding hydrogens is 419 g/mol. The summed E-state index contributed by atoms with van der Waals surface area (Å²) in [6, 6.07) is 47.3. The van der Waals surface area contributed by atoms with Gasteiger partial charge in [-0.25, -0.2) is 0 Å². The van der Waals surface area contributed by atoms with Gasteiger partial charge in [-0.2, -0.15) is 0 Å². The number of rotatable bonds is 5. The van der Waals surface area contributed by atoms with Gasteiger partial charge in [-0.05, 0) is 52.8 Å². The summed E-state index contributed by atoms with van der Waals surface area (Å²) in [4.78, 5) is 0. The normalized spacial score (nSPS) is 9.97. The highest BCUT2D eigenvalue weighted by Gasteiger charge is 2.02. The van der Waals surface area contributed by atoms with Gasteiger partial charge in [-0.15, -0.1) is 9.24 Å². The van der Waals surface area contributed by atoms with E-state index < -0.39 is 0 Å². The van der Waals surface area contributed by atoms with E-state index in [1.54, 1.807) is 0 Å². The van der Waals surface area contributed by atoms with Gasteiger partial charge in [0.2, 0.25) is 0 Å². The van der Waals surface area contributed by atoms with Gasteiger partial charge < -0.3 is 10.6 Å². The molecule has 0 amide bonds. The van der Waals surface area contributed by atoms with Crippen LogP contribution in [0.5, 0.6) is 0 Å². The molecule has 0 aliphatic carbocycles. The Labute approximate surface area is 198 Å². The monoisotopic (exact) mass is 446 g/mol. The maximum Gasteiger partial charge on any atom is 0.0623 e. The molecule has 5 aromatic rings. The fourth-order valence-electron chi connectivity index (χ4n) is 3.43. The molecule has 0 fully saturated rings. The zero-order valence-corrected chi connectivity index (χ0v) is 19.5. The Kier molecular flexibility index (Phi) is 7.89. The van der Waals surface area contributed by atoms with Crippen LogP contribution < -0.4 is 15.9 Å². The number of benzene rings is 5. The molecule has 5 rings (SSSR count). The van der Waals surface area contributed by atoms with Crippen LogP contribution in [-0.4, -0.2) is 0 Å². The van der Waals surface area contributed by atoms with Crippen molar-refractivity contribution in [3.05, 3.63) is 140 Å². The molecule has 5 aromatic carbocycles. The van der Waals surface area contributed by atoms with Crippen molar-refractivity contribution in [1.82, 2.24) is 0 Å². The molecule has 1 unspecified atom stereocenters. The van der Waals surface area contributed by atoms with Crippen LogP contribution >= 0.6 is 9.24 Å². The van der Waals surface area contributed by atoms with Gasteiger partial charge in [0.1, 0.15) is 0 Å². The molecule has 0 spiro atoms. The van der Waals surface area contributed by atoms with Crippen LogP contribution in [0.4, 0.5) is 22.7 Å². The molecule has 33 heavy (non-hydrogen) atoms. The van der Waals surface area contributed by atoms with E-state index in [0.717, 1.165) is 22.7 Å². The highest BCUT2D eigenvalue weighted by molar-refractivity contribution is 7.28. The Balaban J connectivity index is 0.000000172. The molecule has 0 bridgehead atoms. The van der Waals surface area contributed by atoms with Crippen molar-refractivity contribution in [3.63, 3.8) is 0 Å². The summed E-state index contributed by atoms with van der Waals surface area (Å²) >= 11 is 0. The second-order valence-electron chi connectivity index (χ2n) is 7.48. The maximum absolute atomic E-state index is 3.43. The number of anilines is 4. The van der Waals surface area contributed by atoms with E-state index in [9.17, 15) is 0 Å². The molecule has 0 aromatic heterocycles. The second-order valence-corrected chi connectivity index (χ2v) is 8.10. The van der Waals surface area contributed by atoms with Crippen molar-refractivity contribution in [2.75, 3.05) is 10.6 Å². The molecule has 0 radical (unpaired) electrons. The zero-order valence-electron chi connectivity index (χ0n) is 18.4. The standard InChI is InChI=1S/C18H16N2.C12H11P/c1-3-9-15(10-4-1)19-17-13-7-8-14-18(17)20-16-11-5-2-6-12-16;13-12-9-5-4-8-11(12)10-6-2-1-3-7-10/h1-14,19-20H;1-9H,13H2. The molecular formula is C30H27N2P. The van der Waals surface area contributed by atoms with Crippen LogP contribution in [0.2, 0.25) is 0 Å². The van der Waals surface area contributed by atoms with Crippen molar-refractivity contribution < 1.29 is 0 Å². The van der Waals surface area contributed by atoms with E-state index in [1.165, 1.54) is 16.4 Å². The lowest BCUT2D eigenvalue weighted by Crippen LogP contribution is -1.96. The van der Waals surface area contributed by atoms with Crippen molar-refractivity contribution in [2.45, 2.75) is 0 Å². The molecule has 0 saturated heterocycles. The van der Waals surface area contributed by atoms with Gasteiger partial charge in [-0.3, -0.25) is 0 Å². The van der Waals surface area contributed by atoms with Crippen molar-refractivity contribution in [2.24, 2.45) is 0 Å². The molecule has 1 atom stereocenters. The largest absolute Gasteiger partial charge is 0.354 e. The van der Waals surface area contributed by atoms with E-state index in [4.69, 9.17) is 0 Å². The van der Waals surface area contributed by atoms with Crippen molar-refractivity contribution in [1.29, 1.82) is 0 Å². The lowest BCUT2D eigenvalue weighted by Gasteiger charge is -2.13. The minimum atomic E-state index is 1.06. The van der Waals surface area contributed by atoms with Gasteiger partial charge in [0.15, 0.2) is 0 Å². The van der Waals surface area contributed by atoms with Gasteiger partial charge in [0, 0.05) is 11.4 Å². The first-order valence-electron chi connectivity index (χ1n) is 10.9. The van der Waals surface area contributed by atoms with Gasteiger partial charge in [0.25, 0.3) is 0 Å². The predicted octanol–water partition coefficient (Wildman–Crippen LogP) is 8.03. The molecule has 2 nitrogen and oxygen atoms in total. The van der Waals surface area contributed by atoms with Crippen LogP contribution in [0.15, 0.2) is 140 Å². The summed E-state index contributed by atoms with van der Waals surface area (Å²) in [7, 11) is 2.76. The third kappa shape index (κ3) is 6.55. The second kappa shape index (κ2) is 11.7.